The number of hydrogen-bond donors (Lipinski definition) is 2. The molecular weight excluding hydrogens is 272 g/mol. The fourth-order valence-electron chi connectivity index (χ4n) is 2.47. The lowest BCUT2D eigenvalue weighted by Crippen LogP contribution is -2.53. The Labute approximate surface area is 123 Å². The van der Waals surface area contributed by atoms with E-state index in [1.807, 2.05) is 13.8 Å². The van der Waals surface area contributed by atoms with Crippen LogP contribution in [-0.4, -0.2) is 27.5 Å². The molecule has 116 valence electrons. The highest BCUT2D eigenvalue weighted by molar-refractivity contribution is 5.94. The van der Waals surface area contributed by atoms with Crippen molar-refractivity contribution in [3.63, 3.8) is 0 Å². The number of amides is 1. The monoisotopic (exact) mass is 294 g/mol. The van der Waals surface area contributed by atoms with Gasteiger partial charge >= 0.3 is 0 Å². The first-order valence-electron chi connectivity index (χ1n) is 7.35. The topological polar surface area (TPSA) is 103 Å². The predicted molar refractivity (Wildman–Crippen MR) is 79.2 cm³/mol. The lowest BCUT2D eigenvalue weighted by atomic mass is 9.93. The van der Waals surface area contributed by atoms with Crippen LogP contribution in [-0.2, 0) is 0 Å². The quantitative estimate of drug-likeness (QED) is 0.592. The van der Waals surface area contributed by atoms with E-state index in [2.05, 4.69) is 5.32 Å². The van der Waals surface area contributed by atoms with Crippen molar-refractivity contribution < 1.29 is 9.72 Å². The van der Waals surface area contributed by atoms with Crippen molar-refractivity contribution >= 4 is 11.6 Å². The number of nitrogens with two attached hydrogens (primary N) is 1. The second kappa shape index (κ2) is 5.85. The number of nitro groups is 1. The molecule has 21 heavy (non-hydrogen) atoms. The Kier molecular flexibility index (Phi) is 4.32. The summed E-state index contributed by atoms with van der Waals surface area (Å²) in [4.78, 5) is 23.0. The summed E-state index contributed by atoms with van der Waals surface area (Å²) in [5.74, 6) is -0.288. The maximum absolute atomic E-state index is 12.5. The third-order valence-electron chi connectivity index (χ3n) is 4.34. The Morgan fingerprint density at radius 2 is 2.14 bits per heavy atom. The van der Waals surface area contributed by atoms with E-state index < -0.39 is 10.5 Å². The minimum atomic E-state index is -0.467. The third kappa shape index (κ3) is 3.07. The van der Waals surface area contributed by atoms with Gasteiger partial charge in [-0.2, -0.15) is 0 Å². The first-order chi connectivity index (χ1) is 9.96. The van der Waals surface area contributed by atoms with Crippen molar-refractivity contribution in [2.24, 2.45) is 5.73 Å². The van der Waals surface area contributed by atoms with Gasteiger partial charge in [0.1, 0.15) is 5.69 Å². The largest absolute Gasteiger partial charge is 0.344 e. The molecule has 1 fully saturated rings. The molecule has 1 heterocycles. The minimum Gasteiger partial charge on any atom is -0.344 e. The van der Waals surface area contributed by atoms with Crippen LogP contribution in [0, 0.1) is 10.1 Å². The van der Waals surface area contributed by atoms with Crippen LogP contribution in [0.3, 0.4) is 0 Å². The van der Waals surface area contributed by atoms with E-state index in [-0.39, 0.29) is 17.6 Å². The molecule has 0 saturated heterocycles. The van der Waals surface area contributed by atoms with E-state index in [1.54, 1.807) is 4.57 Å². The van der Waals surface area contributed by atoms with Crippen LogP contribution < -0.4 is 11.1 Å². The molecule has 3 N–H and O–H groups in total. The molecule has 1 aromatic rings. The molecule has 0 atom stereocenters. The minimum absolute atomic E-state index is 0.0432. The first-order valence-corrected chi connectivity index (χ1v) is 7.35. The van der Waals surface area contributed by atoms with Crippen LogP contribution in [0.15, 0.2) is 12.3 Å². The van der Waals surface area contributed by atoms with E-state index in [9.17, 15) is 14.9 Å². The molecule has 1 amide bonds. The summed E-state index contributed by atoms with van der Waals surface area (Å²) < 4.78 is 1.72. The number of hydrogen-bond acceptors (Lipinski definition) is 4. The second-order valence-electron chi connectivity index (χ2n) is 5.62. The van der Waals surface area contributed by atoms with Crippen LogP contribution in [0.25, 0.3) is 0 Å². The molecule has 7 heteroatoms. The van der Waals surface area contributed by atoms with Gasteiger partial charge in [-0.3, -0.25) is 14.9 Å². The summed E-state index contributed by atoms with van der Waals surface area (Å²) in [6, 6.07) is 1.55. The Hall–Kier alpha value is -1.89. The Morgan fingerprint density at radius 1 is 1.52 bits per heavy atom. The second-order valence-corrected chi connectivity index (χ2v) is 5.62. The highest BCUT2D eigenvalue weighted by atomic mass is 16.6. The Bertz CT molecular complexity index is 536. The fourth-order valence-corrected chi connectivity index (χ4v) is 2.47. The zero-order valence-corrected chi connectivity index (χ0v) is 12.5. The lowest BCUT2D eigenvalue weighted by molar-refractivity contribution is -0.384. The average molecular weight is 294 g/mol. The van der Waals surface area contributed by atoms with Crippen LogP contribution in [0.5, 0.6) is 0 Å². The SMILES string of the molecule is CCC(CC)(CN)NC(=O)c1cc([N+](=O)[O-])cn1C1CC1. The summed E-state index contributed by atoms with van der Waals surface area (Å²) in [6.45, 7) is 4.29. The molecule has 1 saturated carbocycles. The predicted octanol–water partition coefficient (Wildman–Crippen LogP) is 1.98. The zero-order chi connectivity index (χ0) is 15.6. The van der Waals surface area contributed by atoms with E-state index in [0.717, 1.165) is 25.7 Å². The summed E-state index contributed by atoms with van der Waals surface area (Å²) in [5.41, 5.74) is 5.64. The van der Waals surface area contributed by atoms with Crippen molar-refractivity contribution in [1.82, 2.24) is 9.88 Å². The molecule has 0 spiro atoms. The van der Waals surface area contributed by atoms with Gasteiger partial charge in [0, 0.05) is 18.7 Å². The highest BCUT2D eigenvalue weighted by Gasteiger charge is 2.33. The fraction of sp³-hybridized carbons (Fsp3) is 0.643. The van der Waals surface area contributed by atoms with Crippen LogP contribution >= 0.6 is 0 Å². The van der Waals surface area contributed by atoms with Crippen LogP contribution in [0.4, 0.5) is 5.69 Å². The molecule has 7 nitrogen and oxygen atoms in total. The molecule has 2 rings (SSSR count). The lowest BCUT2D eigenvalue weighted by Gasteiger charge is -2.31. The molecule has 1 aliphatic rings. The molecule has 0 aliphatic heterocycles. The zero-order valence-electron chi connectivity index (χ0n) is 12.5. The summed E-state index contributed by atoms with van der Waals surface area (Å²) in [7, 11) is 0. The van der Waals surface area contributed by atoms with Gasteiger partial charge in [0.05, 0.1) is 16.7 Å². The maximum atomic E-state index is 12.5. The number of rotatable bonds is 7. The number of carbonyl (C=O) groups is 1. The molecule has 0 bridgehead atoms. The number of nitrogens with zero attached hydrogens (tertiary/aromatic N) is 2. The van der Waals surface area contributed by atoms with Gasteiger partial charge in [0.15, 0.2) is 0 Å². The normalized spacial score (nSPS) is 15.0. The first kappa shape index (κ1) is 15.5. The van der Waals surface area contributed by atoms with Crippen molar-refractivity contribution in [3.8, 4) is 0 Å². The smallest absolute Gasteiger partial charge is 0.287 e. The van der Waals surface area contributed by atoms with Gasteiger partial charge in [-0.1, -0.05) is 13.8 Å². The third-order valence-corrected chi connectivity index (χ3v) is 4.34. The van der Waals surface area contributed by atoms with E-state index in [0.29, 0.717) is 12.2 Å². The van der Waals surface area contributed by atoms with Gasteiger partial charge in [-0.05, 0) is 25.7 Å². The highest BCUT2D eigenvalue weighted by Crippen LogP contribution is 2.38. The summed E-state index contributed by atoms with van der Waals surface area (Å²) in [6.07, 6.45) is 4.80. The molecular formula is C14H22N4O3. The van der Waals surface area contributed by atoms with Gasteiger partial charge in [0.25, 0.3) is 11.6 Å². The average Bonchev–Trinajstić information content (AvgIpc) is 3.22. The van der Waals surface area contributed by atoms with E-state index in [1.165, 1.54) is 12.3 Å². The Balaban J connectivity index is 2.28. The van der Waals surface area contributed by atoms with E-state index in [4.69, 9.17) is 5.73 Å². The van der Waals surface area contributed by atoms with Crippen molar-refractivity contribution in [2.75, 3.05) is 6.54 Å². The molecule has 0 aromatic carbocycles. The van der Waals surface area contributed by atoms with Crippen molar-refractivity contribution in [2.45, 2.75) is 51.1 Å². The molecule has 1 aliphatic carbocycles. The standard InChI is InChI=1S/C14H22N4O3/c1-3-14(4-2,9-15)16-13(19)12-7-11(18(20)21)8-17(12)10-5-6-10/h7-8,10H,3-6,9,15H2,1-2H3,(H,16,19). The van der Waals surface area contributed by atoms with Gasteiger partial charge < -0.3 is 15.6 Å². The van der Waals surface area contributed by atoms with Gasteiger partial charge in [-0.25, -0.2) is 0 Å². The maximum Gasteiger partial charge on any atom is 0.287 e. The van der Waals surface area contributed by atoms with Crippen molar-refractivity contribution in [3.05, 3.63) is 28.1 Å². The molecule has 0 radical (unpaired) electrons. The summed E-state index contributed by atoms with van der Waals surface area (Å²) in [5, 5.41) is 13.9. The Morgan fingerprint density at radius 3 is 2.57 bits per heavy atom. The van der Waals surface area contributed by atoms with Gasteiger partial charge in [0.2, 0.25) is 0 Å². The summed E-state index contributed by atoms with van der Waals surface area (Å²) >= 11 is 0. The number of aromatic nitrogens is 1. The molecule has 0 unspecified atom stereocenters. The van der Waals surface area contributed by atoms with Crippen LogP contribution in [0.2, 0.25) is 0 Å². The van der Waals surface area contributed by atoms with Crippen LogP contribution in [0.1, 0.15) is 56.1 Å². The molecule has 1 aromatic heterocycles. The van der Waals surface area contributed by atoms with E-state index >= 15 is 0 Å². The van der Waals surface area contributed by atoms with Crippen molar-refractivity contribution in [1.29, 1.82) is 0 Å². The number of nitrogens with one attached hydrogen (secondary N) is 1. The number of carbonyl (C=O) groups excluding carboxylic acids is 1. The van der Waals surface area contributed by atoms with Gasteiger partial charge in [-0.15, -0.1) is 0 Å².